The number of nitrogens with one attached hydrogen (secondary N) is 2. The van der Waals surface area contributed by atoms with Gasteiger partial charge in [0.25, 0.3) is 5.91 Å². The van der Waals surface area contributed by atoms with Crippen LogP contribution in [-0.4, -0.2) is 34.9 Å². The molecule has 3 heterocycles. The van der Waals surface area contributed by atoms with E-state index >= 15 is 0 Å². The van der Waals surface area contributed by atoms with Gasteiger partial charge in [-0.2, -0.15) is 0 Å². The predicted octanol–water partition coefficient (Wildman–Crippen LogP) is 1.85. The Bertz CT molecular complexity index is 810. The Kier molecular flexibility index (Phi) is 4.18. The number of amides is 1. The molecule has 2 fully saturated rings. The summed E-state index contributed by atoms with van der Waals surface area (Å²) in [5.74, 6) is -0.151. The number of likely N-dealkylation sites (tertiary alicyclic amines) is 1. The number of thiazole rings is 1. The van der Waals surface area contributed by atoms with Gasteiger partial charge >= 0.3 is 0 Å². The number of aryl methyl sites for hydroxylation is 1. The lowest BCUT2D eigenvalue weighted by atomic mass is 9.85. The summed E-state index contributed by atoms with van der Waals surface area (Å²) in [7, 11) is 0. The Morgan fingerprint density at radius 2 is 2.20 bits per heavy atom. The molecular weight excluding hydrogens is 341 g/mol. The summed E-state index contributed by atoms with van der Waals surface area (Å²) in [6.45, 7) is 3.03. The lowest BCUT2D eigenvalue weighted by molar-refractivity contribution is 0.0656. The topological polar surface area (TPSA) is 83.3 Å². The van der Waals surface area contributed by atoms with E-state index in [0.29, 0.717) is 34.4 Å². The molecule has 2 aliphatic rings. The molecule has 0 spiro atoms. The molecule has 3 unspecified atom stereocenters. The minimum atomic E-state index is -0.225. The van der Waals surface area contributed by atoms with Gasteiger partial charge in [0.05, 0.1) is 11.7 Å². The first-order chi connectivity index (χ1) is 12.0. The molecule has 1 amide bonds. The first-order valence-corrected chi connectivity index (χ1v) is 9.14. The zero-order valence-corrected chi connectivity index (χ0v) is 14.6. The number of rotatable bonds is 2. The second-order valence-corrected chi connectivity index (χ2v) is 7.60. The maximum absolute atomic E-state index is 14.2. The van der Waals surface area contributed by atoms with Crippen LogP contribution in [0.2, 0.25) is 0 Å². The highest BCUT2D eigenvalue weighted by Gasteiger charge is 2.42. The molecule has 0 radical (unpaired) electrons. The van der Waals surface area contributed by atoms with E-state index in [1.54, 1.807) is 19.1 Å². The standard InChI is InChI=1S/C17H20FN5OS/c1-9-15(25-17(19)20-9)16(24)23-7-6-13-11(8-23)14(22-21-13)10-4-2-3-5-12(10)18/h2-5,11,13-14,21-22H,6-8H2,1H3,(H2,19,20). The number of piperidine rings is 1. The molecule has 1 aromatic carbocycles. The van der Waals surface area contributed by atoms with Crippen molar-refractivity contribution in [2.45, 2.75) is 25.4 Å². The van der Waals surface area contributed by atoms with Crippen LogP contribution in [0.25, 0.3) is 0 Å². The molecule has 132 valence electrons. The zero-order valence-electron chi connectivity index (χ0n) is 13.8. The number of hydrogen-bond acceptors (Lipinski definition) is 6. The van der Waals surface area contributed by atoms with Gasteiger partial charge < -0.3 is 10.6 Å². The van der Waals surface area contributed by atoms with Crippen molar-refractivity contribution in [1.29, 1.82) is 0 Å². The second kappa shape index (κ2) is 6.36. The molecule has 0 bridgehead atoms. The van der Waals surface area contributed by atoms with Gasteiger partial charge in [-0.3, -0.25) is 10.2 Å². The Balaban J connectivity index is 1.56. The lowest BCUT2D eigenvalue weighted by Gasteiger charge is -2.36. The SMILES string of the molecule is Cc1nc(N)sc1C(=O)N1CCC2NNC(c3ccccc3F)C2C1. The second-order valence-electron chi connectivity index (χ2n) is 6.56. The Morgan fingerprint density at radius 3 is 2.92 bits per heavy atom. The first kappa shape index (κ1) is 16.4. The van der Waals surface area contributed by atoms with Gasteiger partial charge in [-0.1, -0.05) is 29.5 Å². The number of hydrazine groups is 1. The third-order valence-corrected chi connectivity index (χ3v) is 6.02. The van der Waals surface area contributed by atoms with E-state index in [0.717, 1.165) is 6.42 Å². The Labute approximate surface area is 149 Å². The number of nitrogens with zero attached hydrogens (tertiary/aromatic N) is 2. The predicted molar refractivity (Wildman–Crippen MR) is 94.5 cm³/mol. The van der Waals surface area contributed by atoms with Crippen molar-refractivity contribution in [2.75, 3.05) is 18.8 Å². The van der Waals surface area contributed by atoms with Crippen molar-refractivity contribution in [1.82, 2.24) is 20.7 Å². The van der Waals surface area contributed by atoms with Crippen molar-refractivity contribution in [3.8, 4) is 0 Å². The fraction of sp³-hybridized carbons (Fsp3) is 0.412. The van der Waals surface area contributed by atoms with Crippen LogP contribution < -0.4 is 16.6 Å². The summed E-state index contributed by atoms with van der Waals surface area (Å²) >= 11 is 1.23. The van der Waals surface area contributed by atoms with Crippen molar-refractivity contribution in [2.24, 2.45) is 5.92 Å². The molecule has 0 saturated carbocycles. The molecule has 3 atom stereocenters. The minimum absolute atomic E-state index is 0.0377. The van der Waals surface area contributed by atoms with E-state index < -0.39 is 0 Å². The lowest BCUT2D eigenvalue weighted by Crippen LogP contribution is -2.47. The molecule has 4 N–H and O–H groups in total. The van der Waals surface area contributed by atoms with Gasteiger partial charge in [0.2, 0.25) is 0 Å². The number of benzene rings is 1. The van der Waals surface area contributed by atoms with Crippen LogP contribution in [0.4, 0.5) is 9.52 Å². The van der Waals surface area contributed by atoms with Gasteiger partial charge in [-0.05, 0) is 19.4 Å². The van der Waals surface area contributed by atoms with E-state index in [9.17, 15) is 9.18 Å². The van der Waals surface area contributed by atoms with Gasteiger partial charge in [0.15, 0.2) is 5.13 Å². The molecule has 6 nitrogen and oxygen atoms in total. The zero-order chi connectivity index (χ0) is 17.6. The number of carbonyl (C=O) groups excluding carboxylic acids is 1. The van der Waals surface area contributed by atoms with E-state index in [-0.39, 0.29) is 29.7 Å². The molecule has 0 aliphatic carbocycles. The number of carbonyl (C=O) groups is 1. The first-order valence-electron chi connectivity index (χ1n) is 8.32. The highest BCUT2D eigenvalue weighted by molar-refractivity contribution is 7.17. The van der Waals surface area contributed by atoms with E-state index in [4.69, 9.17) is 5.73 Å². The van der Waals surface area contributed by atoms with Gasteiger partial charge in [0.1, 0.15) is 10.7 Å². The fourth-order valence-electron chi connectivity index (χ4n) is 3.78. The number of fused-ring (bicyclic) bond motifs is 1. The third kappa shape index (κ3) is 2.90. The van der Waals surface area contributed by atoms with E-state index in [1.165, 1.54) is 17.4 Å². The van der Waals surface area contributed by atoms with Crippen molar-refractivity contribution in [3.05, 3.63) is 46.2 Å². The number of halogens is 1. The summed E-state index contributed by atoms with van der Waals surface area (Å²) in [6, 6.07) is 6.86. The van der Waals surface area contributed by atoms with E-state index in [2.05, 4.69) is 15.8 Å². The van der Waals surface area contributed by atoms with Crippen LogP contribution >= 0.6 is 11.3 Å². The normalized spacial score (nSPS) is 25.8. The van der Waals surface area contributed by atoms with Gasteiger partial charge in [-0.25, -0.2) is 14.8 Å². The quantitative estimate of drug-likeness (QED) is 0.760. The van der Waals surface area contributed by atoms with Crippen molar-refractivity contribution in [3.63, 3.8) is 0 Å². The van der Waals surface area contributed by atoms with Crippen LogP contribution in [0, 0.1) is 18.7 Å². The van der Waals surface area contributed by atoms with Crippen LogP contribution in [0.5, 0.6) is 0 Å². The van der Waals surface area contributed by atoms with Gasteiger partial charge in [-0.15, -0.1) is 0 Å². The highest BCUT2D eigenvalue weighted by Crippen LogP contribution is 2.35. The third-order valence-electron chi connectivity index (χ3n) is 5.05. The average molecular weight is 361 g/mol. The summed E-state index contributed by atoms with van der Waals surface area (Å²) in [5.41, 5.74) is 13.5. The van der Waals surface area contributed by atoms with Crippen molar-refractivity contribution < 1.29 is 9.18 Å². The molecule has 2 aliphatic heterocycles. The summed E-state index contributed by atoms with van der Waals surface area (Å²) in [6.07, 6.45) is 0.821. The monoisotopic (exact) mass is 361 g/mol. The molecule has 2 saturated heterocycles. The molecular formula is C17H20FN5OS. The number of hydrogen-bond donors (Lipinski definition) is 3. The molecule has 25 heavy (non-hydrogen) atoms. The van der Waals surface area contributed by atoms with E-state index in [1.807, 2.05) is 11.0 Å². The summed E-state index contributed by atoms with van der Waals surface area (Å²) in [5, 5.41) is 0.407. The maximum Gasteiger partial charge on any atom is 0.265 e. The molecule has 1 aromatic heterocycles. The van der Waals surface area contributed by atoms with Crippen molar-refractivity contribution >= 4 is 22.4 Å². The van der Waals surface area contributed by atoms with Crippen LogP contribution in [0.15, 0.2) is 24.3 Å². The number of nitrogen functional groups attached to an aromatic ring is 1. The largest absolute Gasteiger partial charge is 0.375 e. The van der Waals surface area contributed by atoms with Crippen LogP contribution in [0.1, 0.15) is 33.4 Å². The van der Waals surface area contributed by atoms with Gasteiger partial charge in [0, 0.05) is 30.6 Å². The minimum Gasteiger partial charge on any atom is -0.375 e. The van der Waals surface area contributed by atoms with Crippen LogP contribution in [0.3, 0.4) is 0 Å². The number of aromatic nitrogens is 1. The molecule has 4 rings (SSSR count). The fourth-order valence-corrected chi connectivity index (χ4v) is 4.58. The highest BCUT2D eigenvalue weighted by atomic mass is 32.1. The smallest absolute Gasteiger partial charge is 0.265 e. The number of nitrogens with two attached hydrogens (primary N) is 1. The number of anilines is 1. The molecule has 2 aromatic rings. The van der Waals surface area contributed by atoms with Crippen LogP contribution in [-0.2, 0) is 0 Å². The summed E-state index contributed by atoms with van der Waals surface area (Å²) in [4.78, 5) is 19.4. The Morgan fingerprint density at radius 1 is 1.40 bits per heavy atom. The Hall–Kier alpha value is -2.03. The summed E-state index contributed by atoms with van der Waals surface area (Å²) < 4.78 is 14.2. The molecule has 8 heteroatoms. The average Bonchev–Trinajstić information content (AvgIpc) is 3.17. The maximum atomic E-state index is 14.2.